The molecule has 130 valence electrons. The van der Waals surface area contributed by atoms with Crippen molar-refractivity contribution in [1.82, 2.24) is 10.2 Å². The second-order valence-corrected chi connectivity index (χ2v) is 5.49. The number of fused-ring (bicyclic) bond motifs is 1. The van der Waals surface area contributed by atoms with Gasteiger partial charge in [-0.1, -0.05) is 17.7 Å². The molecule has 2 aromatic carbocycles. The zero-order valence-electron chi connectivity index (χ0n) is 14.3. The Morgan fingerprint density at radius 1 is 1.15 bits per heavy atom. The van der Waals surface area contributed by atoms with Gasteiger partial charge in [0.05, 0.1) is 10.9 Å². The minimum absolute atomic E-state index is 0. The van der Waals surface area contributed by atoms with E-state index in [1.54, 1.807) is 0 Å². The number of alkyl halides is 3. The predicted octanol–water partition coefficient (Wildman–Crippen LogP) is 0.964. The Labute approximate surface area is 173 Å². The first kappa shape index (κ1) is 20.4. The van der Waals surface area contributed by atoms with Gasteiger partial charge < -0.3 is 6.74 Å². The minimum atomic E-state index is -4.51. The summed E-state index contributed by atoms with van der Waals surface area (Å²) >= 11 is 5.90. The first-order chi connectivity index (χ1) is 11.8. The summed E-state index contributed by atoms with van der Waals surface area (Å²) in [4.78, 5) is 23.9. The quantitative estimate of drug-likeness (QED) is 0.639. The molecule has 3 rings (SSSR count). The summed E-state index contributed by atoms with van der Waals surface area (Å²) in [6.45, 7) is 0. The molecule has 0 fully saturated rings. The number of halogens is 4. The Morgan fingerprint density at radius 2 is 1.88 bits per heavy atom. The number of aromatic amines is 1. The van der Waals surface area contributed by atoms with Gasteiger partial charge in [-0.2, -0.15) is 18.3 Å². The third-order valence-corrected chi connectivity index (χ3v) is 3.74. The average molecular weight is 392 g/mol. The number of amides is 1. The van der Waals surface area contributed by atoms with Gasteiger partial charge in [-0.05, 0) is 36.4 Å². The molecular weight excluding hydrogens is 382 g/mol. The summed E-state index contributed by atoms with van der Waals surface area (Å²) < 4.78 is 38.2. The van der Waals surface area contributed by atoms with Crippen LogP contribution in [0.15, 0.2) is 47.3 Å². The minimum Gasteiger partial charge on any atom is -1.00 e. The van der Waals surface area contributed by atoms with Crippen molar-refractivity contribution in [3.63, 3.8) is 0 Å². The van der Waals surface area contributed by atoms with Crippen LogP contribution in [0.3, 0.4) is 0 Å². The molecule has 1 heterocycles. The molecule has 26 heavy (non-hydrogen) atoms. The van der Waals surface area contributed by atoms with E-state index >= 15 is 0 Å². The van der Waals surface area contributed by atoms with Crippen molar-refractivity contribution in [3.05, 3.63) is 69.1 Å². The summed E-state index contributed by atoms with van der Waals surface area (Å²) in [6.07, 6.45) is -4.51. The van der Waals surface area contributed by atoms with Crippen LogP contribution in [-0.4, -0.2) is 16.1 Å². The van der Waals surface area contributed by atoms with Crippen LogP contribution in [-0.2, 0) is 6.18 Å². The first-order valence-corrected chi connectivity index (χ1v) is 7.30. The number of H-pyrrole nitrogens is 1. The van der Waals surface area contributed by atoms with Crippen molar-refractivity contribution >= 4 is 34.0 Å². The van der Waals surface area contributed by atoms with E-state index in [1.807, 2.05) is 0 Å². The molecule has 1 amide bonds. The van der Waals surface area contributed by atoms with Gasteiger partial charge in [-0.3, -0.25) is 9.59 Å². The molecule has 0 aliphatic rings. The molecule has 5 nitrogen and oxygen atoms in total. The maximum Gasteiger partial charge on any atom is 1.00 e. The summed E-state index contributed by atoms with van der Waals surface area (Å²) in [5.41, 5.74) is -1.22. The van der Waals surface area contributed by atoms with Gasteiger partial charge in [0.2, 0.25) is 0 Å². The van der Waals surface area contributed by atoms with Crippen LogP contribution in [0.2, 0.25) is 5.15 Å². The number of hydrogen-bond acceptors (Lipinski definition) is 3. The average Bonchev–Trinajstić information content (AvgIpc) is 2.57. The number of hydrogen-bond donors (Lipinski definition) is 2. The third kappa shape index (κ3) is 4.27. The topological polar surface area (TPSA) is 74.8 Å². The van der Waals surface area contributed by atoms with E-state index in [0.29, 0.717) is 0 Å². The molecule has 0 saturated carbocycles. The molecule has 0 saturated heterocycles. The van der Waals surface area contributed by atoms with Crippen LogP contribution in [0.25, 0.3) is 10.8 Å². The third-order valence-electron chi connectivity index (χ3n) is 3.45. The Bertz CT molecular complexity index is 1040. The van der Waals surface area contributed by atoms with Crippen molar-refractivity contribution in [1.29, 1.82) is 0 Å². The largest absolute Gasteiger partial charge is 1.00 e. The zero-order valence-corrected chi connectivity index (χ0v) is 16.1. The first-order valence-electron chi connectivity index (χ1n) is 6.92. The SMILES string of the molecule is O=C(Nc1cccc(C(F)(F)F)c1)c1ccc2c(=O)[nH]nc(Cl)c2c1.[H-].[Na+]. The second-order valence-electron chi connectivity index (χ2n) is 5.14. The Kier molecular flexibility index (Phi) is 6.13. The molecule has 0 atom stereocenters. The molecule has 1 aromatic heterocycles. The fourth-order valence-corrected chi connectivity index (χ4v) is 2.45. The van der Waals surface area contributed by atoms with E-state index in [9.17, 15) is 22.8 Å². The van der Waals surface area contributed by atoms with Crippen molar-refractivity contribution < 1.29 is 48.9 Å². The fraction of sp³-hybridized carbons (Fsp3) is 0.0625. The number of carbonyl (C=O) groups is 1. The number of benzene rings is 2. The summed E-state index contributed by atoms with van der Waals surface area (Å²) in [5.74, 6) is -0.641. The Hall–Kier alpha value is -1.87. The number of rotatable bonds is 2. The standard InChI is InChI=1S/C16H9ClF3N3O2.Na.H/c17-13-12-6-8(4-5-11(12)15(25)23-22-13)14(24)21-10-3-1-2-9(7-10)16(18,19)20;;/h1-7H,(H,21,24)(H,23,25);;/q;+1;-1. The van der Waals surface area contributed by atoms with E-state index in [4.69, 9.17) is 11.6 Å². The number of aromatic nitrogens is 2. The maximum atomic E-state index is 12.7. The van der Waals surface area contributed by atoms with Gasteiger partial charge in [0.25, 0.3) is 11.5 Å². The molecule has 0 aliphatic heterocycles. The van der Waals surface area contributed by atoms with Crippen molar-refractivity contribution in [2.24, 2.45) is 0 Å². The van der Waals surface area contributed by atoms with Crippen LogP contribution < -0.4 is 40.4 Å². The van der Waals surface area contributed by atoms with Gasteiger partial charge >= 0.3 is 35.7 Å². The monoisotopic (exact) mass is 391 g/mol. The van der Waals surface area contributed by atoms with E-state index in [-0.39, 0.29) is 58.2 Å². The molecule has 0 bridgehead atoms. The van der Waals surface area contributed by atoms with Gasteiger partial charge in [-0.25, -0.2) is 5.10 Å². The molecule has 10 heteroatoms. The molecule has 0 spiro atoms. The van der Waals surface area contributed by atoms with E-state index in [0.717, 1.165) is 12.1 Å². The molecule has 3 aromatic rings. The van der Waals surface area contributed by atoms with E-state index < -0.39 is 23.2 Å². The number of nitrogens with zero attached hydrogens (tertiary/aromatic N) is 1. The Morgan fingerprint density at radius 3 is 2.58 bits per heavy atom. The van der Waals surface area contributed by atoms with E-state index in [1.165, 1.54) is 30.3 Å². The zero-order chi connectivity index (χ0) is 18.2. The fourth-order valence-electron chi connectivity index (χ4n) is 2.25. The number of nitrogens with one attached hydrogen (secondary N) is 2. The van der Waals surface area contributed by atoms with Crippen molar-refractivity contribution in [2.45, 2.75) is 6.18 Å². The van der Waals surface area contributed by atoms with Crippen LogP contribution in [0.5, 0.6) is 0 Å². The van der Waals surface area contributed by atoms with Gasteiger partial charge in [0.15, 0.2) is 5.15 Å². The van der Waals surface area contributed by atoms with Crippen molar-refractivity contribution in [3.8, 4) is 0 Å². The van der Waals surface area contributed by atoms with E-state index in [2.05, 4.69) is 15.5 Å². The van der Waals surface area contributed by atoms with Gasteiger partial charge in [0, 0.05) is 16.6 Å². The predicted molar refractivity (Wildman–Crippen MR) is 87.9 cm³/mol. The summed E-state index contributed by atoms with van der Waals surface area (Å²) in [7, 11) is 0. The second kappa shape index (κ2) is 7.79. The molecular formula is C16H10ClF3N3NaO2. The summed E-state index contributed by atoms with van der Waals surface area (Å²) in [6, 6.07) is 8.39. The van der Waals surface area contributed by atoms with Crippen molar-refractivity contribution in [2.75, 3.05) is 5.32 Å². The molecule has 0 radical (unpaired) electrons. The smallest absolute Gasteiger partial charge is 1.00 e. The van der Waals surface area contributed by atoms with Gasteiger partial charge in [-0.15, -0.1) is 0 Å². The number of anilines is 1. The number of carbonyl (C=O) groups excluding carboxylic acids is 1. The molecule has 0 unspecified atom stereocenters. The van der Waals surface area contributed by atoms with Gasteiger partial charge in [0.1, 0.15) is 0 Å². The van der Waals surface area contributed by atoms with Crippen LogP contribution in [0, 0.1) is 0 Å². The van der Waals surface area contributed by atoms with Crippen LogP contribution in [0.1, 0.15) is 17.3 Å². The normalized spacial score (nSPS) is 11.1. The molecule has 2 N–H and O–H groups in total. The molecule has 0 aliphatic carbocycles. The maximum absolute atomic E-state index is 12.7. The Balaban J connectivity index is 0.00000182. The van der Waals surface area contributed by atoms with Crippen LogP contribution in [0.4, 0.5) is 18.9 Å². The van der Waals surface area contributed by atoms with Crippen LogP contribution >= 0.6 is 11.6 Å². The summed E-state index contributed by atoms with van der Waals surface area (Å²) in [5, 5.41) is 8.70.